The van der Waals surface area contributed by atoms with E-state index in [1.807, 2.05) is 4.90 Å². The van der Waals surface area contributed by atoms with Crippen LogP contribution in [0, 0.1) is 47.3 Å². The molecule has 20 nitrogen and oxygen atoms in total. The molecule has 0 aromatic heterocycles. The van der Waals surface area contributed by atoms with Gasteiger partial charge in [-0.25, -0.2) is 19.8 Å². The number of hydrogen-bond acceptors (Lipinski definition) is 13. The van der Waals surface area contributed by atoms with Crippen molar-refractivity contribution in [2.75, 3.05) is 40.3 Å². The smallest absolute Gasteiger partial charge is 0.318 e. The number of likely N-dealkylation sites (N-methyl/N-ethyl adjacent to an activating group) is 2. The van der Waals surface area contributed by atoms with Crippen LogP contribution in [0.3, 0.4) is 0 Å². The van der Waals surface area contributed by atoms with Crippen molar-refractivity contribution < 1.29 is 28.8 Å². The number of guanidine groups is 3. The molecular formula is C80H130N14O6. The fourth-order valence-corrected chi connectivity index (χ4v) is 20.1. The molecule has 3 saturated heterocycles. The van der Waals surface area contributed by atoms with E-state index in [2.05, 4.69) is 59.0 Å². The van der Waals surface area contributed by atoms with Gasteiger partial charge >= 0.3 is 6.03 Å². The van der Waals surface area contributed by atoms with Crippen LogP contribution < -0.4 is 33.2 Å². The number of carbonyl (C=O) groups is 6. The van der Waals surface area contributed by atoms with E-state index in [1.54, 1.807) is 28.8 Å². The zero-order valence-electron chi connectivity index (χ0n) is 62.2. The monoisotopic (exact) mass is 1380 g/mol. The van der Waals surface area contributed by atoms with Gasteiger partial charge in [-0.05, 0) is 161 Å². The number of nitrogens with one attached hydrogen (secondary N) is 3. The van der Waals surface area contributed by atoms with Gasteiger partial charge in [-0.1, -0.05) is 192 Å². The minimum absolute atomic E-state index is 0.00644. The number of hydrogen-bond donors (Lipinski definition) is 6. The van der Waals surface area contributed by atoms with Gasteiger partial charge in [-0.15, -0.1) is 0 Å². The largest absolute Gasteiger partial charge is 0.369 e. The lowest BCUT2D eigenvalue weighted by molar-refractivity contribution is -0.135. The van der Waals surface area contributed by atoms with Crippen LogP contribution in [0.5, 0.6) is 0 Å². The van der Waals surface area contributed by atoms with Crippen LogP contribution in [0.2, 0.25) is 0 Å². The van der Waals surface area contributed by atoms with Crippen molar-refractivity contribution >= 4 is 53.4 Å². The Kier molecular flexibility index (Phi) is 26.5. The van der Waals surface area contributed by atoms with Gasteiger partial charge in [-0.3, -0.25) is 38.7 Å². The molecule has 1 aromatic rings. The molecule has 0 spiro atoms. The second-order valence-corrected chi connectivity index (χ2v) is 34.1. The van der Waals surface area contributed by atoms with E-state index in [4.69, 9.17) is 32.2 Å². The average Bonchev–Trinajstić information content (AvgIpc) is 1.61. The molecule has 13 rings (SSSR count). The van der Waals surface area contributed by atoms with E-state index in [1.165, 1.54) is 154 Å². The molecule has 1 aromatic carbocycles. The summed E-state index contributed by atoms with van der Waals surface area (Å²) in [7, 11) is 3.51. The summed E-state index contributed by atoms with van der Waals surface area (Å²) in [6.45, 7) is 8.47. The van der Waals surface area contributed by atoms with Gasteiger partial charge in [0, 0.05) is 59.3 Å². The molecule has 9 N–H and O–H groups in total. The highest BCUT2D eigenvalue weighted by Crippen LogP contribution is 2.45. The van der Waals surface area contributed by atoms with Crippen molar-refractivity contribution in [3.63, 3.8) is 0 Å². The number of urea groups is 1. The Morgan fingerprint density at radius 3 is 1.46 bits per heavy atom. The third kappa shape index (κ3) is 19.3. The molecule has 0 radical (unpaired) electrons. The lowest BCUT2D eigenvalue weighted by Gasteiger charge is -2.37. The van der Waals surface area contributed by atoms with Crippen LogP contribution >= 0.6 is 0 Å². The van der Waals surface area contributed by atoms with E-state index < -0.39 is 16.6 Å². The highest BCUT2D eigenvalue weighted by molar-refractivity contribution is 6.08. The van der Waals surface area contributed by atoms with E-state index in [0.717, 1.165) is 158 Å². The SMILES string of the molecule is CC(C)[C@H]1CN(Cc2ccc(CN3C(=O)[C@@](CCC4CCCCC4)(CC4CCCCC4)N=C3N)cc2)C(=O)N1.CN1C(=O)[C@@](CCC2CCCCC2)(C[C@H]2CCCC(N[C@@H]3CCNC3=O)C2)N=C1N.CN1C(=O)[C@](CCC2CCCCC2)(C[C@H]2CCCN(C(=O)CC3CCCC3)C2)N=C1N. The first kappa shape index (κ1) is 75.4. The van der Waals surface area contributed by atoms with Gasteiger partial charge < -0.3 is 43.0 Å². The Balaban J connectivity index is 0.000000153. The van der Waals surface area contributed by atoms with Crippen LogP contribution in [-0.4, -0.2) is 153 Å². The molecule has 6 saturated carbocycles. The maximum absolute atomic E-state index is 14.1. The maximum atomic E-state index is 14.1. The van der Waals surface area contributed by atoms with E-state index in [9.17, 15) is 28.8 Å². The number of nitrogens with two attached hydrogens (primary N) is 3. The van der Waals surface area contributed by atoms with Crippen LogP contribution in [-0.2, 0) is 37.1 Å². The molecule has 1 unspecified atom stereocenters. The molecule has 0 bridgehead atoms. The van der Waals surface area contributed by atoms with Crippen molar-refractivity contribution in [2.45, 2.75) is 325 Å². The van der Waals surface area contributed by atoms with Gasteiger partial charge in [-0.2, -0.15) is 0 Å². The topological polar surface area (TPSA) is 270 Å². The summed E-state index contributed by atoms with van der Waals surface area (Å²) in [5.41, 5.74) is 18.8. The summed E-state index contributed by atoms with van der Waals surface area (Å²) in [4.78, 5) is 101. The number of nitrogens with zero attached hydrogens (tertiary/aromatic N) is 8. The van der Waals surface area contributed by atoms with Crippen LogP contribution in [0.1, 0.15) is 288 Å². The zero-order valence-corrected chi connectivity index (χ0v) is 62.2. The summed E-state index contributed by atoms with van der Waals surface area (Å²) in [5.74, 6) is 6.36. The highest BCUT2D eigenvalue weighted by Gasteiger charge is 2.52. The summed E-state index contributed by atoms with van der Waals surface area (Å²) in [5, 5.41) is 9.57. The summed E-state index contributed by atoms with van der Waals surface area (Å²) in [6.07, 6.45) is 47.1. The molecule has 9 fully saturated rings. The van der Waals surface area contributed by atoms with Gasteiger partial charge in [0.15, 0.2) is 17.9 Å². The lowest BCUT2D eigenvalue weighted by Crippen LogP contribution is -2.47. The number of benzene rings is 1. The predicted molar refractivity (Wildman–Crippen MR) is 397 cm³/mol. The van der Waals surface area contributed by atoms with Crippen molar-refractivity contribution in [3.05, 3.63) is 35.4 Å². The quantitative estimate of drug-likeness (QED) is 0.0570. The fourth-order valence-electron chi connectivity index (χ4n) is 20.1. The van der Waals surface area contributed by atoms with Crippen molar-refractivity contribution in [1.29, 1.82) is 0 Å². The van der Waals surface area contributed by atoms with Crippen LogP contribution in [0.25, 0.3) is 0 Å². The molecule has 12 aliphatic rings. The first-order valence-electron chi connectivity index (χ1n) is 40.7. The van der Waals surface area contributed by atoms with Crippen molar-refractivity contribution in [3.8, 4) is 0 Å². The third-order valence-corrected chi connectivity index (χ3v) is 26.3. The first-order valence-corrected chi connectivity index (χ1v) is 40.7. The number of rotatable bonds is 24. The van der Waals surface area contributed by atoms with Crippen molar-refractivity contribution in [1.82, 2.24) is 40.4 Å². The zero-order chi connectivity index (χ0) is 70.4. The highest BCUT2D eigenvalue weighted by atomic mass is 16.2. The minimum atomic E-state index is -0.710. The number of amides is 7. The maximum Gasteiger partial charge on any atom is 0.318 e. The Hall–Kier alpha value is -5.79. The van der Waals surface area contributed by atoms with Gasteiger partial charge in [0.05, 0.1) is 18.6 Å². The molecule has 20 heteroatoms. The Morgan fingerprint density at radius 1 is 0.520 bits per heavy atom. The summed E-state index contributed by atoms with van der Waals surface area (Å²) < 4.78 is 0. The lowest BCUT2D eigenvalue weighted by atomic mass is 9.74. The molecule has 7 amide bonds. The molecule has 6 aliphatic heterocycles. The number of piperidine rings is 1. The van der Waals surface area contributed by atoms with Gasteiger partial charge in [0.25, 0.3) is 17.7 Å². The molecule has 6 aliphatic carbocycles. The molecule has 6 heterocycles. The Bertz CT molecular complexity index is 3000. The Morgan fingerprint density at radius 2 is 0.970 bits per heavy atom. The predicted octanol–water partition coefficient (Wildman–Crippen LogP) is 12.3. The average molecular weight is 1380 g/mol. The third-order valence-electron chi connectivity index (χ3n) is 26.3. The summed E-state index contributed by atoms with van der Waals surface area (Å²) >= 11 is 0. The summed E-state index contributed by atoms with van der Waals surface area (Å²) in [6, 6.07) is 8.76. The van der Waals surface area contributed by atoms with Gasteiger partial charge in [0.2, 0.25) is 11.8 Å². The van der Waals surface area contributed by atoms with Crippen LogP contribution in [0.4, 0.5) is 4.79 Å². The standard InChI is InChI=1S/C32H49N5O2.C25H42N4O2.C23H39N5O2/c1-23(2)28-22-36(31(39)34-28)20-26-13-15-27(16-14-26)21-37-29(38)32(35-30(37)33,19-25-11-7-4-8-12-25)18-17-24-9-5-3-6-10-24;1-28-23(31)25(27-24(28)26,14-13-19-8-3-2-4-9-19)17-21-12-7-15-29(18-21)22(30)16-20-10-5-6-11-20;1-28-21(30)23(27-22(28)24,12-10-16-6-3-2-4-7-16)15-17-8-5-9-18(14-17)26-19-11-13-25-20(19)29/h13-16,23-25,28H,3-12,17-22H2,1-2H3,(H2,33,35)(H,34,39);19-21H,2-18H2,1H3,(H2,26,27);16-19,26H,2-15H2,1H3,(H2,24,27)(H,25,29)/t28-,32-;21-,25+;17-,18?,19+,23+/m110/s1. The van der Waals surface area contributed by atoms with Crippen LogP contribution in [0.15, 0.2) is 39.2 Å². The Labute approximate surface area is 600 Å². The fraction of sp³-hybridized carbons (Fsp3) is 0.812. The number of carbonyl (C=O) groups excluding carboxylic acids is 6. The molecule has 556 valence electrons. The normalized spacial score (nSPS) is 30.7. The number of likely N-dealkylation sites (tertiary alicyclic amines) is 1. The second kappa shape index (κ2) is 35.1. The van der Waals surface area contributed by atoms with E-state index in [-0.39, 0.29) is 41.7 Å². The second-order valence-electron chi connectivity index (χ2n) is 34.1. The molecule has 100 heavy (non-hydrogen) atoms. The molecular weight excluding hydrogens is 1250 g/mol. The first-order chi connectivity index (χ1) is 48.3. The van der Waals surface area contributed by atoms with E-state index in [0.29, 0.717) is 78.9 Å². The molecule has 8 atom stereocenters. The van der Waals surface area contributed by atoms with E-state index >= 15 is 0 Å². The minimum Gasteiger partial charge on any atom is -0.369 e. The van der Waals surface area contributed by atoms with Gasteiger partial charge in [0.1, 0.15) is 16.6 Å². The number of aliphatic imine (C=N–C) groups is 3. The van der Waals surface area contributed by atoms with Crippen molar-refractivity contribution in [2.24, 2.45) is 79.5 Å².